The molecule has 148 valence electrons. The first-order chi connectivity index (χ1) is 12.3. The van der Waals surface area contributed by atoms with Gasteiger partial charge in [-0.3, -0.25) is 9.79 Å². The normalized spacial score (nSPS) is 11.6. The minimum atomic E-state index is -0.582. The van der Waals surface area contributed by atoms with Crippen LogP contribution >= 0.6 is 35.6 Å². The van der Waals surface area contributed by atoms with Gasteiger partial charge in [-0.05, 0) is 41.7 Å². The Kier molecular flexibility index (Phi) is 9.11. The molecule has 1 amide bonds. The van der Waals surface area contributed by atoms with Gasteiger partial charge in [-0.1, -0.05) is 37.6 Å². The van der Waals surface area contributed by atoms with Crippen molar-refractivity contribution in [2.45, 2.75) is 26.8 Å². The molecule has 0 atom stereocenters. The van der Waals surface area contributed by atoms with Crippen LogP contribution in [0.3, 0.4) is 0 Å². The fourth-order valence-corrected chi connectivity index (χ4v) is 2.79. The summed E-state index contributed by atoms with van der Waals surface area (Å²) in [6, 6.07) is 11.2. The summed E-state index contributed by atoms with van der Waals surface area (Å²) >= 11 is 6.06. The van der Waals surface area contributed by atoms with Crippen LogP contribution in [-0.4, -0.2) is 25.5 Å². The number of amides is 1. The van der Waals surface area contributed by atoms with Gasteiger partial charge in [0, 0.05) is 18.6 Å². The second-order valence-corrected chi connectivity index (χ2v) is 7.32. The molecule has 0 unspecified atom stereocenters. The van der Waals surface area contributed by atoms with E-state index < -0.39 is 5.91 Å². The number of furan rings is 1. The van der Waals surface area contributed by atoms with Gasteiger partial charge in [0.25, 0.3) is 5.91 Å². The molecule has 8 heteroatoms. The lowest BCUT2D eigenvalue weighted by atomic mass is 9.86. The predicted molar refractivity (Wildman–Crippen MR) is 120 cm³/mol. The fraction of sp³-hybridized carbons (Fsp3) is 0.368. The lowest BCUT2D eigenvalue weighted by Gasteiger charge is -2.26. The van der Waals surface area contributed by atoms with E-state index in [0.717, 1.165) is 18.0 Å². The van der Waals surface area contributed by atoms with Gasteiger partial charge in [-0.15, -0.1) is 24.0 Å². The van der Waals surface area contributed by atoms with Crippen LogP contribution in [0.1, 0.15) is 35.7 Å². The Bertz CT molecular complexity index is 790. The van der Waals surface area contributed by atoms with Crippen LogP contribution < -0.4 is 16.4 Å². The lowest BCUT2D eigenvalue weighted by Crippen LogP contribution is -2.42. The Labute approximate surface area is 182 Å². The molecule has 2 aromatic rings. The van der Waals surface area contributed by atoms with Crippen LogP contribution in [0.15, 0.2) is 45.8 Å². The quantitative estimate of drug-likeness (QED) is 0.305. The highest BCUT2D eigenvalue weighted by molar-refractivity contribution is 14.0. The standard InChI is InChI=1S/C19H25ClN4O2.HI/c1-19(2,10-13-5-4-6-14(20)9-13)12-24-18(22-3)23-11-15-7-8-16(26-15)17(21)25;/h4-9H,10-12H2,1-3H3,(H2,21,25)(H2,22,23,24);1H. The molecule has 1 aromatic heterocycles. The maximum atomic E-state index is 11.1. The molecular formula is C19H26ClIN4O2. The minimum Gasteiger partial charge on any atom is -0.454 e. The van der Waals surface area contributed by atoms with Crippen LogP contribution in [0.2, 0.25) is 5.02 Å². The van der Waals surface area contributed by atoms with E-state index in [-0.39, 0.29) is 35.2 Å². The Balaban J connectivity index is 0.00000364. The van der Waals surface area contributed by atoms with Gasteiger partial charge in [0.2, 0.25) is 0 Å². The van der Waals surface area contributed by atoms with Crippen LogP contribution in [0.4, 0.5) is 0 Å². The second kappa shape index (κ2) is 10.6. The number of carbonyl (C=O) groups is 1. The van der Waals surface area contributed by atoms with Gasteiger partial charge >= 0.3 is 0 Å². The number of nitrogens with one attached hydrogen (secondary N) is 2. The number of carbonyl (C=O) groups excluding carboxylic acids is 1. The van der Waals surface area contributed by atoms with Crippen molar-refractivity contribution in [3.8, 4) is 0 Å². The van der Waals surface area contributed by atoms with Crippen molar-refractivity contribution in [2.75, 3.05) is 13.6 Å². The summed E-state index contributed by atoms with van der Waals surface area (Å²) < 4.78 is 5.34. The first-order valence-electron chi connectivity index (χ1n) is 8.36. The van der Waals surface area contributed by atoms with E-state index in [1.165, 1.54) is 5.56 Å². The fourth-order valence-electron chi connectivity index (χ4n) is 2.58. The number of halogens is 2. The van der Waals surface area contributed by atoms with Gasteiger partial charge in [0.05, 0.1) is 6.54 Å². The van der Waals surface area contributed by atoms with Gasteiger partial charge in [0.15, 0.2) is 11.7 Å². The molecule has 0 saturated heterocycles. The molecule has 0 fully saturated rings. The van der Waals surface area contributed by atoms with Crippen molar-refractivity contribution in [1.82, 2.24) is 10.6 Å². The summed E-state index contributed by atoms with van der Waals surface area (Å²) in [5, 5.41) is 7.22. The number of hydrogen-bond acceptors (Lipinski definition) is 3. The van der Waals surface area contributed by atoms with Gasteiger partial charge in [-0.2, -0.15) is 0 Å². The molecule has 0 saturated carbocycles. The molecule has 0 radical (unpaired) electrons. The van der Waals surface area contributed by atoms with E-state index in [2.05, 4.69) is 35.5 Å². The van der Waals surface area contributed by atoms with E-state index in [9.17, 15) is 4.79 Å². The Hall–Kier alpha value is -1.74. The van der Waals surface area contributed by atoms with Crippen LogP contribution in [-0.2, 0) is 13.0 Å². The van der Waals surface area contributed by atoms with E-state index in [0.29, 0.717) is 18.3 Å². The zero-order valence-electron chi connectivity index (χ0n) is 15.7. The van der Waals surface area contributed by atoms with E-state index in [4.69, 9.17) is 21.8 Å². The number of primary amides is 1. The third-order valence-electron chi connectivity index (χ3n) is 3.86. The Morgan fingerprint density at radius 1 is 1.26 bits per heavy atom. The van der Waals surface area contributed by atoms with Gasteiger partial charge in [0.1, 0.15) is 5.76 Å². The molecule has 0 aliphatic heterocycles. The number of nitrogens with two attached hydrogens (primary N) is 1. The molecule has 27 heavy (non-hydrogen) atoms. The number of hydrogen-bond donors (Lipinski definition) is 3. The molecule has 0 aliphatic rings. The summed E-state index contributed by atoms with van der Waals surface area (Å²) in [6.45, 7) is 5.49. The summed E-state index contributed by atoms with van der Waals surface area (Å²) in [5.74, 6) is 0.829. The first kappa shape index (κ1) is 23.3. The molecular weight excluding hydrogens is 479 g/mol. The maximum absolute atomic E-state index is 11.1. The number of benzene rings is 1. The SMILES string of the molecule is CN=C(NCc1ccc(C(N)=O)o1)NCC(C)(C)Cc1cccc(Cl)c1.I. The monoisotopic (exact) mass is 504 g/mol. The highest BCUT2D eigenvalue weighted by atomic mass is 127. The summed E-state index contributed by atoms with van der Waals surface area (Å²) in [6.07, 6.45) is 0.887. The number of aliphatic imine (C=N–C) groups is 1. The lowest BCUT2D eigenvalue weighted by molar-refractivity contribution is 0.0972. The third-order valence-corrected chi connectivity index (χ3v) is 4.10. The summed E-state index contributed by atoms with van der Waals surface area (Å²) in [4.78, 5) is 15.3. The smallest absolute Gasteiger partial charge is 0.284 e. The Morgan fingerprint density at radius 2 is 2.00 bits per heavy atom. The molecule has 0 bridgehead atoms. The van der Waals surface area contributed by atoms with E-state index in [1.54, 1.807) is 19.2 Å². The highest BCUT2D eigenvalue weighted by Gasteiger charge is 2.19. The molecule has 4 N–H and O–H groups in total. The first-order valence-corrected chi connectivity index (χ1v) is 8.74. The van der Waals surface area contributed by atoms with Crippen molar-refractivity contribution in [2.24, 2.45) is 16.1 Å². The molecule has 0 aliphatic carbocycles. The Morgan fingerprint density at radius 3 is 2.59 bits per heavy atom. The van der Waals surface area contributed by atoms with E-state index >= 15 is 0 Å². The van der Waals surface area contributed by atoms with E-state index in [1.807, 2.05) is 18.2 Å². The highest BCUT2D eigenvalue weighted by Crippen LogP contribution is 2.22. The summed E-state index contributed by atoms with van der Waals surface area (Å²) in [7, 11) is 1.70. The zero-order chi connectivity index (χ0) is 19.2. The van der Waals surface area contributed by atoms with Crippen LogP contribution in [0.5, 0.6) is 0 Å². The number of guanidine groups is 1. The van der Waals surface area contributed by atoms with Crippen molar-refractivity contribution < 1.29 is 9.21 Å². The van der Waals surface area contributed by atoms with Crippen molar-refractivity contribution in [1.29, 1.82) is 0 Å². The van der Waals surface area contributed by atoms with Crippen molar-refractivity contribution in [3.05, 3.63) is 58.5 Å². The summed E-state index contributed by atoms with van der Waals surface area (Å²) in [5.41, 5.74) is 6.38. The maximum Gasteiger partial charge on any atom is 0.284 e. The van der Waals surface area contributed by atoms with Gasteiger partial charge < -0.3 is 20.8 Å². The largest absolute Gasteiger partial charge is 0.454 e. The average molecular weight is 505 g/mol. The molecule has 0 spiro atoms. The average Bonchev–Trinajstić information content (AvgIpc) is 3.04. The van der Waals surface area contributed by atoms with Crippen LogP contribution in [0.25, 0.3) is 0 Å². The van der Waals surface area contributed by atoms with Crippen molar-refractivity contribution >= 4 is 47.4 Å². The number of nitrogens with zero attached hydrogens (tertiary/aromatic N) is 1. The second-order valence-electron chi connectivity index (χ2n) is 6.88. The van der Waals surface area contributed by atoms with Crippen LogP contribution in [0, 0.1) is 5.41 Å². The zero-order valence-corrected chi connectivity index (χ0v) is 18.8. The minimum absolute atomic E-state index is 0. The molecule has 2 rings (SSSR count). The molecule has 6 nitrogen and oxygen atoms in total. The van der Waals surface area contributed by atoms with Gasteiger partial charge in [-0.25, -0.2) is 0 Å². The van der Waals surface area contributed by atoms with Crippen molar-refractivity contribution in [3.63, 3.8) is 0 Å². The topological polar surface area (TPSA) is 92.6 Å². The third kappa shape index (κ3) is 7.80. The molecule has 1 heterocycles. The predicted octanol–water partition coefficient (Wildman–Crippen LogP) is 3.58. The number of rotatable bonds is 7. The molecule has 1 aromatic carbocycles.